The van der Waals surface area contributed by atoms with E-state index in [1.54, 1.807) is 7.11 Å². The second-order valence-electron chi connectivity index (χ2n) is 7.32. The van der Waals surface area contributed by atoms with Gasteiger partial charge in [0.2, 0.25) is 0 Å². The molecule has 0 aromatic heterocycles. The molecule has 1 heterocycles. The quantitative estimate of drug-likeness (QED) is 0.661. The lowest BCUT2D eigenvalue weighted by atomic mass is 9.84. The molecule has 2 atom stereocenters. The summed E-state index contributed by atoms with van der Waals surface area (Å²) in [6.07, 6.45) is 2.66. The zero-order valence-corrected chi connectivity index (χ0v) is 16.3. The third kappa shape index (κ3) is 4.79. The standard InChI is InChI=1S/C23H31NO2/c1-18(20-6-10-22(25-3)11-7-20)19(2)21-8-12-23(13-9-21)26-17-16-24-14-4-5-15-24/h6-13,18-19H,4-5,14-17H2,1-3H3. The maximum atomic E-state index is 5.92. The molecule has 0 radical (unpaired) electrons. The zero-order valence-electron chi connectivity index (χ0n) is 16.3. The van der Waals surface area contributed by atoms with E-state index in [1.165, 1.54) is 37.1 Å². The minimum absolute atomic E-state index is 0.446. The van der Waals surface area contributed by atoms with Crippen molar-refractivity contribution in [2.45, 2.75) is 38.5 Å². The van der Waals surface area contributed by atoms with Crippen LogP contribution in [0, 0.1) is 0 Å². The molecule has 0 spiro atoms. The molecule has 1 saturated heterocycles. The Morgan fingerprint density at radius 1 is 0.808 bits per heavy atom. The molecule has 0 saturated carbocycles. The van der Waals surface area contributed by atoms with E-state index in [9.17, 15) is 0 Å². The highest BCUT2D eigenvalue weighted by Crippen LogP contribution is 2.33. The van der Waals surface area contributed by atoms with Crippen LogP contribution >= 0.6 is 0 Å². The van der Waals surface area contributed by atoms with Crippen LogP contribution in [0.4, 0.5) is 0 Å². The van der Waals surface area contributed by atoms with E-state index in [-0.39, 0.29) is 0 Å². The third-order valence-corrected chi connectivity index (χ3v) is 5.67. The van der Waals surface area contributed by atoms with E-state index in [0.717, 1.165) is 24.7 Å². The second kappa shape index (κ2) is 9.09. The van der Waals surface area contributed by atoms with Gasteiger partial charge in [0.25, 0.3) is 0 Å². The first kappa shape index (κ1) is 18.8. The third-order valence-electron chi connectivity index (χ3n) is 5.67. The summed E-state index contributed by atoms with van der Waals surface area (Å²) in [7, 11) is 1.70. The Bertz CT molecular complexity index is 660. The minimum atomic E-state index is 0.446. The first-order valence-corrected chi connectivity index (χ1v) is 9.76. The van der Waals surface area contributed by atoms with Crippen LogP contribution in [-0.4, -0.2) is 38.3 Å². The molecular weight excluding hydrogens is 322 g/mol. The summed E-state index contributed by atoms with van der Waals surface area (Å²) < 4.78 is 11.2. The molecule has 2 aromatic carbocycles. The molecule has 26 heavy (non-hydrogen) atoms. The summed E-state index contributed by atoms with van der Waals surface area (Å²) in [4.78, 5) is 2.48. The molecule has 0 bridgehead atoms. The summed E-state index contributed by atoms with van der Waals surface area (Å²) in [5.41, 5.74) is 2.68. The van der Waals surface area contributed by atoms with Crippen LogP contribution in [0.5, 0.6) is 11.5 Å². The molecule has 0 aliphatic carbocycles. The van der Waals surface area contributed by atoms with Gasteiger partial charge in [0, 0.05) is 6.54 Å². The number of ether oxygens (including phenoxy) is 2. The molecule has 2 unspecified atom stereocenters. The average molecular weight is 354 g/mol. The topological polar surface area (TPSA) is 21.7 Å². The van der Waals surface area contributed by atoms with Crippen LogP contribution in [0.2, 0.25) is 0 Å². The summed E-state index contributed by atoms with van der Waals surface area (Å²) in [6, 6.07) is 17.0. The van der Waals surface area contributed by atoms with Crippen molar-refractivity contribution < 1.29 is 9.47 Å². The molecule has 1 aliphatic rings. The molecule has 1 aliphatic heterocycles. The Morgan fingerprint density at radius 3 is 1.81 bits per heavy atom. The highest BCUT2D eigenvalue weighted by atomic mass is 16.5. The molecule has 3 nitrogen and oxygen atoms in total. The lowest BCUT2D eigenvalue weighted by Gasteiger charge is -2.21. The van der Waals surface area contributed by atoms with Gasteiger partial charge in [0.1, 0.15) is 18.1 Å². The fourth-order valence-corrected chi connectivity index (χ4v) is 3.65. The van der Waals surface area contributed by atoms with Gasteiger partial charge in [-0.2, -0.15) is 0 Å². The molecule has 3 heteroatoms. The van der Waals surface area contributed by atoms with E-state index in [2.05, 4.69) is 55.1 Å². The van der Waals surface area contributed by atoms with E-state index < -0.39 is 0 Å². The van der Waals surface area contributed by atoms with E-state index in [1.807, 2.05) is 12.1 Å². The lowest BCUT2D eigenvalue weighted by molar-refractivity contribution is 0.237. The maximum Gasteiger partial charge on any atom is 0.119 e. The van der Waals surface area contributed by atoms with E-state index >= 15 is 0 Å². The van der Waals surface area contributed by atoms with Gasteiger partial charge in [-0.1, -0.05) is 38.1 Å². The van der Waals surface area contributed by atoms with Gasteiger partial charge in [-0.15, -0.1) is 0 Å². The average Bonchev–Trinajstić information content (AvgIpc) is 3.21. The molecule has 1 fully saturated rings. The number of hydrogen-bond donors (Lipinski definition) is 0. The highest BCUT2D eigenvalue weighted by Gasteiger charge is 2.16. The predicted molar refractivity (Wildman–Crippen MR) is 107 cm³/mol. The van der Waals surface area contributed by atoms with Crippen molar-refractivity contribution in [3.8, 4) is 11.5 Å². The fraction of sp³-hybridized carbons (Fsp3) is 0.478. The van der Waals surface area contributed by atoms with Crippen molar-refractivity contribution in [3.05, 3.63) is 59.7 Å². The highest BCUT2D eigenvalue weighted by molar-refractivity contribution is 5.34. The van der Waals surface area contributed by atoms with Gasteiger partial charge in [-0.25, -0.2) is 0 Å². The molecule has 0 N–H and O–H groups in total. The van der Waals surface area contributed by atoms with Gasteiger partial charge < -0.3 is 9.47 Å². The van der Waals surface area contributed by atoms with Crippen LogP contribution in [0.15, 0.2) is 48.5 Å². The van der Waals surface area contributed by atoms with Crippen LogP contribution in [0.3, 0.4) is 0 Å². The second-order valence-corrected chi connectivity index (χ2v) is 7.32. The fourth-order valence-electron chi connectivity index (χ4n) is 3.65. The molecule has 3 rings (SSSR count). The lowest BCUT2D eigenvalue weighted by Crippen LogP contribution is -2.25. The first-order valence-electron chi connectivity index (χ1n) is 9.76. The Labute approximate surface area is 157 Å². The van der Waals surface area contributed by atoms with Gasteiger partial charge in [-0.3, -0.25) is 4.90 Å². The maximum absolute atomic E-state index is 5.92. The summed E-state index contributed by atoms with van der Waals surface area (Å²) >= 11 is 0. The minimum Gasteiger partial charge on any atom is -0.497 e. The van der Waals surface area contributed by atoms with Gasteiger partial charge in [0.05, 0.1) is 7.11 Å². The Balaban J connectivity index is 1.54. The Hall–Kier alpha value is -2.00. The zero-order chi connectivity index (χ0) is 18.4. The van der Waals surface area contributed by atoms with Gasteiger partial charge in [0.15, 0.2) is 0 Å². The number of methoxy groups -OCH3 is 1. The summed E-state index contributed by atoms with van der Waals surface area (Å²) in [5, 5.41) is 0. The van der Waals surface area contributed by atoms with E-state index in [4.69, 9.17) is 9.47 Å². The normalized spacial score (nSPS) is 17.0. The van der Waals surface area contributed by atoms with Crippen LogP contribution in [0.1, 0.15) is 49.7 Å². The Kier molecular flexibility index (Phi) is 6.56. The molecule has 2 aromatic rings. The van der Waals surface area contributed by atoms with Crippen LogP contribution < -0.4 is 9.47 Å². The monoisotopic (exact) mass is 353 g/mol. The number of likely N-dealkylation sites (tertiary alicyclic amines) is 1. The largest absolute Gasteiger partial charge is 0.497 e. The summed E-state index contributed by atoms with van der Waals surface area (Å²) in [5.74, 6) is 2.77. The van der Waals surface area contributed by atoms with Gasteiger partial charge >= 0.3 is 0 Å². The van der Waals surface area contributed by atoms with Gasteiger partial charge in [-0.05, 0) is 73.2 Å². The summed E-state index contributed by atoms with van der Waals surface area (Å²) in [6.45, 7) is 8.83. The molecule has 140 valence electrons. The SMILES string of the molecule is COc1ccc(C(C)C(C)c2ccc(OCCN3CCCC3)cc2)cc1. The molecular formula is C23H31NO2. The van der Waals surface area contributed by atoms with Crippen molar-refractivity contribution in [2.24, 2.45) is 0 Å². The van der Waals surface area contributed by atoms with Crippen molar-refractivity contribution in [2.75, 3.05) is 33.4 Å². The van der Waals surface area contributed by atoms with Crippen LogP contribution in [-0.2, 0) is 0 Å². The predicted octanol–water partition coefficient (Wildman–Crippen LogP) is 5.08. The van der Waals surface area contributed by atoms with Crippen molar-refractivity contribution in [3.63, 3.8) is 0 Å². The molecule has 0 amide bonds. The van der Waals surface area contributed by atoms with Crippen molar-refractivity contribution in [1.29, 1.82) is 0 Å². The Morgan fingerprint density at radius 2 is 1.31 bits per heavy atom. The number of hydrogen-bond acceptors (Lipinski definition) is 3. The first-order chi connectivity index (χ1) is 12.7. The van der Waals surface area contributed by atoms with Crippen molar-refractivity contribution in [1.82, 2.24) is 4.90 Å². The smallest absolute Gasteiger partial charge is 0.119 e. The number of nitrogens with zero attached hydrogens (tertiary/aromatic N) is 1. The number of rotatable bonds is 8. The van der Waals surface area contributed by atoms with Crippen molar-refractivity contribution >= 4 is 0 Å². The van der Waals surface area contributed by atoms with Crippen LogP contribution in [0.25, 0.3) is 0 Å². The number of benzene rings is 2. The van der Waals surface area contributed by atoms with E-state index in [0.29, 0.717) is 11.8 Å².